The third-order valence-electron chi connectivity index (χ3n) is 2.24. The van der Waals surface area contributed by atoms with E-state index in [4.69, 9.17) is 10.3 Å². The fraction of sp³-hybridized carbons (Fsp3) is 0.667. The molecule has 110 valence electrons. The minimum absolute atomic E-state index is 0.250. The minimum atomic E-state index is -0.482. The third-order valence-corrected chi connectivity index (χ3v) is 2.24. The lowest BCUT2D eigenvalue weighted by molar-refractivity contribution is 0.0526. The second-order valence-electron chi connectivity index (χ2n) is 5.27. The van der Waals surface area contributed by atoms with Crippen LogP contribution >= 0.6 is 0 Å². The van der Waals surface area contributed by atoms with Gasteiger partial charge in [-0.1, -0.05) is 5.11 Å². The summed E-state index contributed by atoms with van der Waals surface area (Å²) < 4.78 is 7.01. The molecule has 8 heteroatoms. The van der Waals surface area contributed by atoms with Gasteiger partial charge in [0, 0.05) is 24.2 Å². The highest BCUT2D eigenvalue weighted by Crippen LogP contribution is 2.06. The molecule has 0 aliphatic rings. The highest BCUT2D eigenvalue weighted by atomic mass is 16.6. The number of alkyl carbamates (subject to hydrolysis) is 1. The smallest absolute Gasteiger partial charge is 0.407 e. The molecule has 0 aliphatic carbocycles. The van der Waals surface area contributed by atoms with Crippen LogP contribution in [-0.2, 0) is 17.8 Å². The number of aromatic nitrogens is 2. The van der Waals surface area contributed by atoms with Crippen molar-refractivity contribution in [1.29, 1.82) is 0 Å². The van der Waals surface area contributed by atoms with E-state index in [0.717, 1.165) is 18.7 Å². The molecule has 20 heavy (non-hydrogen) atoms. The maximum Gasteiger partial charge on any atom is 0.407 e. The Balaban J connectivity index is 2.22. The third kappa shape index (κ3) is 6.65. The average Bonchev–Trinajstić information content (AvgIpc) is 2.78. The SMILES string of the molecule is CC(C)(C)OC(=O)NCCCn1cnc(CN=[N+]=[N-])c1. The number of aryl methyl sites for hydroxylation is 1. The summed E-state index contributed by atoms with van der Waals surface area (Å²) in [6.45, 7) is 6.97. The Labute approximate surface area is 117 Å². The molecular formula is C12H20N6O2. The van der Waals surface area contributed by atoms with Crippen LogP contribution in [0.5, 0.6) is 0 Å². The molecule has 1 aromatic heterocycles. The lowest BCUT2D eigenvalue weighted by Gasteiger charge is -2.19. The van der Waals surface area contributed by atoms with Crippen LogP contribution < -0.4 is 5.32 Å². The highest BCUT2D eigenvalue weighted by molar-refractivity contribution is 5.67. The summed E-state index contributed by atoms with van der Waals surface area (Å²) in [6.07, 6.45) is 3.85. The van der Waals surface area contributed by atoms with Gasteiger partial charge in [0.1, 0.15) is 5.60 Å². The lowest BCUT2D eigenvalue weighted by Crippen LogP contribution is -2.33. The Morgan fingerprint density at radius 2 is 2.35 bits per heavy atom. The first-order chi connectivity index (χ1) is 9.40. The molecule has 0 aromatic carbocycles. The number of carbonyl (C=O) groups is 1. The zero-order valence-corrected chi connectivity index (χ0v) is 12.0. The average molecular weight is 280 g/mol. The van der Waals surface area contributed by atoms with Gasteiger partial charge in [-0.2, -0.15) is 0 Å². The molecule has 0 saturated carbocycles. The number of carbonyl (C=O) groups excluding carboxylic acids is 1. The molecule has 0 bridgehead atoms. The summed E-state index contributed by atoms with van der Waals surface area (Å²) in [5.74, 6) is 0. The summed E-state index contributed by atoms with van der Waals surface area (Å²) in [6, 6.07) is 0. The predicted octanol–water partition coefficient (Wildman–Crippen LogP) is 2.61. The van der Waals surface area contributed by atoms with Gasteiger partial charge in [-0.25, -0.2) is 9.78 Å². The second kappa shape index (κ2) is 7.40. The molecular weight excluding hydrogens is 260 g/mol. The van der Waals surface area contributed by atoms with E-state index in [1.807, 2.05) is 31.5 Å². The number of nitrogens with zero attached hydrogens (tertiary/aromatic N) is 5. The van der Waals surface area contributed by atoms with Gasteiger partial charge in [0.2, 0.25) is 0 Å². The number of azide groups is 1. The fourth-order valence-corrected chi connectivity index (χ4v) is 1.48. The largest absolute Gasteiger partial charge is 0.444 e. The maximum absolute atomic E-state index is 11.4. The van der Waals surface area contributed by atoms with E-state index in [-0.39, 0.29) is 6.54 Å². The van der Waals surface area contributed by atoms with E-state index in [2.05, 4.69) is 20.3 Å². The molecule has 0 fully saturated rings. The van der Waals surface area contributed by atoms with Crippen molar-refractivity contribution in [3.05, 3.63) is 28.7 Å². The van der Waals surface area contributed by atoms with E-state index in [1.165, 1.54) is 0 Å². The molecule has 1 amide bonds. The van der Waals surface area contributed by atoms with Crippen molar-refractivity contribution in [1.82, 2.24) is 14.9 Å². The van der Waals surface area contributed by atoms with Gasteiger partial charge < -0.3 is 14.6 Å². The monoisotopic (exact) mass is 280 g/mol. The van der Waals surface area contributed by atoms with E-state index < -0.39 is 11.7 Å². The normalized spacial score (nSPS) is 10.8. The van der Waals surface area contributed by atoms with Crippen molar-refractivity contribution in [3.63, 3.8) is 0 Å². The van der Waals surface area contributed by atoms with Crippen molar-refractivity contribution in [2.75, 3.05) is 6.54 Å². The van der Waals surface area contributed by atoms with Gasteiger partial charge in [0.25, 0.3) is 0 Å². The van der Waals surface area contributed by atoms with Crippen LogP contribution in [-0.4, -0.2) is 27.8 Å². The van der Waals surface area contributed by atoms with Gasteiger partial charge in [0.05, 0.1) is 18.6 Å². The Kier molecular flexibility index (Phi) is 5.86. The second-order valence-corrected chi connectivity index (χ2v) is 5.27. The van der Waals surface area contributed by atoms with Crippen molar-refractivity contribution >= 4 is 6.09 Å². The summed E-state index contributed by atoms with van der Waals surface area (Å²) in [7, 11) is 0. The molecule has 0 saturated heterocycles. The lowest BCUT2D eigenvalue weighted by atomic mass is 10.2. The molecule has 0 spiro atoms. The molecule has 1 heterocycles. The standard InChI is InChI=1S/C12H20N6O2/c1-12(2,3)20-11(19)14-5-4-6-18-8-10(15-9-18)7-16-17-13/h8-9H,4-7H2,1-3H3,(H,14,19). The van der Waals surface area contributed by atoms with Gasteiger partial charge in [-0.3, -0.25) is 0 Å². The van der Waals surface area contributed by atoms with E-state index in [1.54, 1.807) is 6.33 Å². The highest BCUT2D eigenvalue weighted by Gasteiger charge is 2.15. The van der Waals surface area contributed by atoms with E-state index in [0.29, 0.717) is 6.54 Å². The summed E-state index contributed by atoms with van der Waals surface area (Å²) >= 11 is 0. The number of hydrogen-bond acceptors (Lipinski definition) is 4. The van der Waals surface area contributed by atoms with Crippen LogP contribution in [0.2, 0.25) is 0 Å². The number of rotatable bonds is 6. The van der Waals surface area contributed by atoms with Crippen molar-refractivity contribution in [2.45, 2.75) is 45.9 Å². The fourth-order valence-electron chi connectivity index (χ4n) is 1.48. The summed E-state index contributed by atoms with van der Waals surface area (Å²) in [5.41, 5.74) is 8.46. The van der Waals surface area contributed by atoms with Crippen LogP contribution in [0.25, 0.3) is 10.4 Å². The van der Waals surface area contributed by atoms with Crippen LogP contribution in [0.1, 0.15) is 32.9 Å². The molecule has 0 radical (unpaired) electrons. The van der Waals surface area contributed by atoms with Gasteiger partial charge in [0.15, 0.2) is 0 Å². The van der Waals surface area contributed by atoms with E-state index >= 15 is 0 Å². The zero-order chi connectivity index (χ0) is 15.0. The zero-order valence-electron chi connectivity index (χ0n) is 12.0. The van der Waals surface area contributed by atoms with Gasteiger partial charge >= 0.3 is 6.09 Å². The van der Waals surface area contributed by atoms with Crippen LogP contribution in [0.3, 0.4) is 0 Å². The Morgan fingerprint density at radius 3 is 3.00 bits per heavy atom. The molecule has 0 atom stereocenters. The Hall–Kier alpha value is -2.21. The first-order valence-electron chi connectivity index (χ1n) is 6.39. The molecule has 1 rings (SSSR count). The molecule has 1 N–H and O–H groups in total. The minimum Gasteiger partial charge on any atom is -0.444 e. The Morgan fingerprint density at radius 1 is 1.60 bits per heavy atom. The van der Waals surface area contributed by atoms with Crippen LogP contribution in [0.4, 0.5) is 4.79 Å². The van der Waals surface area contributed by atoms with Crippen molar-refractivity contribution in [3.8, 4) is 0 Å². The molecule has 1 aromatic rings. The van der Waals surface area contributed by atoms with Gasteiger partial charge in [-0.15, -0.1) is 0 Å². The van der Waals surface area contributed by atoms with E-state index in [9.17, 15) is 4.79 Å². The summed E-state index contributed by atoms with van der Waals surface area (Å²) in [4.78, 5) is 18.2. The number of imidazole rings is 1. The number of nitrogens with one attached hydrogen (secondary N) is 1. The number of amides is 1. The summed E-state index contributed by atoms with van der Waals surface area (Å²) in [5, 5.41) is 6.13. The number of hydrogen-bond donors (Lipinski definition) is 1. The number of ether oxygens (including phenoxy) is 1. The Bertz CT molecular complexity index is 484. The maximum atomic E-state index is 11.4. The predicted molar refractivity (Wildman–Crippen MR) is 73.9 cm³/mol. The van der Waals surface area contributed by atoms with Gasteiger partial charge in [-0.05, 0) is 32.7 Å². The topological polar surface area (TPSA) is 105 Å². The quantitative estimate of drug-likeness (QED) is 0.374. The van der Waals surface area contributed by atoms with Crippen molar-refractivity contribution < 1.29 is 9.53 Å². The molecule has 0 aliphatic heterocycles. The molecule has 8 nitrogen and oxygen atoms in total. The first-order valence-corrected chi connectivity index (χ1v) is 6.39. The van der Waals surface area contributed by atoms with Crippen LogP contribution in [0, 0.1) is 0 Å². The van der Waals surface area contributed by atoms with Crippen molar-refractivity contribution in [2.24, 2.45) is 5.11 Å². The van der Waals surface area contributed by atoms with Crippen LogP contribution in [0.15, 0.2) is 17.6 Å². The first kappa shape index (κ1) is 15.8. The molecule has 0 unspecified atom stereocenters.